The predicted molar refractivity (Wildman–Crippen MR) is 69.4 cm³/mol. The molecule has 3 heteroatoms. The molecule has 1 aromatic heterocycles. The first-order valence-corrected chi connectivity index (χ1v) is 6.37. The van der Waals surface area contributed by atoms with Crippen molar-refractivity contribution in [2.75, 3.05) is 0 Å². The van der Waals surface area contributed by atoms with Gasteiger partial charge in [0, 0.05) is 0 Å². The van der Waals surface area contributed by atoms with Crippen LogP contribution in [0.1, 0.15) is 29.1 Å². The Hall–Kier alpha value is -1.74. The molecule has 1 aromatic carbocycles. The lowest BCUT2D eigenvalue weighted by Crippen LogP contribution is -1.96. The molecule has 0 aliphatic heterocycles. The van der Waals surface area contributed by atoms with Gasteiger partial charge in [0.15, 0.2) is 0 Å². The second kappa shape index (κ2) is 4.86. The van der Waals surface area contributed by atoms with Gasteiger partial charge in [-0.1, -0.05) is 6.07 Å². The maximum atomic E-state index is 5.74. The standard InChI is InChI=1S/C15H17NO2/c16-9-14-6-7-15(18-14)10-17-13-5-4-11-2-1-3-12(11)8-13/h4-8H,1-3,9-10,16H2. The van der Waals surface area contributed by atoms with E-state index < -0.39 is 0 Å². The zero-order valence-corrected chi connectivity index (χ0v) is 10.3. The van der Waals surface area contributed by atoms with Crippen molar-refractivity contribution in [2.45, 2.75) is 32.4 Å². The van der Waals surface area contributed by atoms with E-state index in [2.05, 4.69) is 12.1 Å². The molecule has 3 nitrogen and oxygen atoms in total. The van der Waals surface area contributed by atoms with Crippen molar-refractivity contribution in [1.29, 1.82) is 0 Å². The Morgan fingerprint density at radius 3 is 2.72 bits per heavy atom. The minimum atomic E-state index is 0.429. The van der Waals surface area contributed by atoms with Crippen molar-refractivity contribution in [2.24, 2.45) is 5.73 Å². The molecule has 0 saturated carbocycles. The fourth-order valence-corrected chi connectivity index (χ4v) is 2.40. The van der Waals surface area contributed by atoms with Crippen LogP contribution in [0.4, 0.5) is 0 Å². The molecule has 3 rings (SSSR count). The molecule has 0 unspecified atom stereocenters. The lowest BCUT2D eigenvalue weighted by molar-refractivity contribution is 0.266. The van der Waals surface area contributed by atoms with E-state index in [0.717, 1.165) is 17.3 Å². The first kappa shape index (κ1) is 11.4. The summed E-state index contributed by atoms with van der Waals surface area (Å²) in [6.07, 6.45) is 3.63. The number of rotatable bonds is 4. The van der Waals surface area contributed by atoms with Gasteiger partial charge in [-0.25, -0.2) is 0 Å². The summed E-state index contributed by atoms with van der Waals surface area (Å²) in [5.41, 5.74) is 8.39. The molecule has 0 spiro atoms. The summed E-state index contributed by atoms with van der Waals surface area (Å²) in [6, 6.07) is 10.2. The van der Waals surface area contributed by atoms with Crippen LogP contribution in [-0.2, 0) is 26.0 Å². The number of hydrogen-bond acceptors (Lipinski definition) is 3. The number of fused-ring (bicyclic) bond motifs is 1. The fourth-order valence-electron chi connectivity index (χ4n) is 2.40. The van der Waals surface area contributed by atoms with Crippen LogP contribution in [0.2, 0.25) is 0 Å². The lowest BCUT2D eigenvalue weighted by Gasteiger charge is -2.06. The Morgan fingerprint density at radius 2 is 1.89 bits per heavy atom. The molecule has 0 atom stereocenters. The largest absolute Gasteiger partial charge is 0.486 e. The zero-order valence-electron chi connectivity index (χ0n) is 10.3. The van der Waals surface area contributed by atoms with Crippen molar-refractivity contribution >= 4 is 0 Å². The van der Waals surface area contributed by atoms with Gasteiger partial charge in [-0.15, -0.1) is 0 Å². The van der Waals surface area contributed by atoms with E-state index in [1.165, 1.54) is 30.4 Å². The average molecular weight is 243 g/mol. The summed E-state index contributed by atoms with van der Waals surface area (Å²) < 4.78 is 11.2. The summed E-state index contributed by atoms with van der Waals surface area (Å²) >= 11 is 0. The minimum absolute atomic E-state index is 0.429. The summed E-state index contributed by atoms with van der Waals surface area (Å²) in [6.45, 7) is 0.887. The molecule has 0 radical (unpaired) electrons. The molecular formula is C15H17NO2. The second-order valence-corrected chi connectivity index (χ2v) is 4.64. The van der Waals surface area contributed by atoms with Gasteiger partial charge in [0.1, 0.15) is 23.9 Å². The third-order valence-electron chi connectivity index (χ3n) is 3.37. The number of aryl methyl sites for hydroxylation is 2. The predicted octanol–water partition coefficient (Wildman–Crippen LogP) is 2.81. The molecule has 1 heterocycles. The van der Waals surface area contributed by atoms with E-state index in [1.54, 1.807) is 0 Å². The van der Waals surface area contributed by atoms with Gasteiger partial charge >= 0.3 is 0 Å². The van der Waals surface area contributed by atoms with Crippen LogP contribution < -0.4 is 10.5 Å². The van der Waals surface area contributed by atoms with Gasteiger partial charge in [-0.2, -0.15) is 0 Å². The molecule has 0 bridgehead atoms. The highest BCUT2D eigenvalue weighted by atomic mass is 16.5. The van der Waals surface area contributed by atoms with Gasteiger partial charge in [-0.3, -0.25) is 0 Å². The molecule has 18 heavy (non-hydrogen) atoms. The van der Waals surface area contributed by atoms with E-state index in [-0.39, 0.29) is 0 Å². The first-order chi connectivity index (χ1) is 8.85. The maximum absolute atomic E-state index is 5.74. The number of furan rings is 1. The molecule has 1 aliphatic rings. The molecule has 1 aliphatic carbocycles. The van der Waals surface area contributed by atoms with Crippen LogP contribution in [0, 0.1) is 0 Å². The van der Waals surface area contributed by atoms with Crippen LogP contribution in [0.3, 0.4) is 0 Å². The highest BCUT2D eigenvalue weighted by molar-refractivity contribution is 5.38. The van der Waals surface area contributed by atoms with Crippen LogP contribution in [0.5, 0.6) is 5.75 Å². The van der Waals surface area contributed by atoms with Crippen LogP contribution >= 0.6 is 0 Å². The van der Waals surface area contributed by atoms with Gasteiger partial charge in [0.05, 0.1) is 6.54 Å². The van der Waals surface area contributed by atoms with Crippen molar-refractivity contribution in [1.82, 2.24) is 0 Å². The van der Waals surface area contributed by atoms with Crippen LogP contribution in [0.25, 0.3) is 0 Å². The molecular weight excluding hydrogens is 226 g/mol. The van der Waals surface area contributed by atoms with E-state index in [9.17, 15) is 0 Å². The van der Waals surface area contributed by atoms with E-state index in [0.29, 0.717) is 13.2 Å². The van der Waals surface area contributed by atoms with Crippen molar-refractivity contribution in [3.05, 3.63) is 53.0 Å². The van der Waals surface area contributed by atoms with Gasteiger partial charge in [0.25, 0.3) is 0 Å². The summed E-state index contributed by atoms with van der Waals surface area (Å²) in [7, 11) is 0. The Morgan fingerprint density at radius 1 is 1.06 bits per heavy atom. The Bertz CT molecular complexity index is 545. The third-order valence-corrected chi connectivity index (χ3v) is 3.37. The highest BCUT2D eigenvalue weighted by Crippen LogP contribution is 2.26. The SMILES string of the molecule is NCc1ccc(COc2ccc3c(c2)CCC3)o1. The molecule has 0 amide bonds. The summed E-state index contributed by atoms with van der Waals surface area (Å²) in [5, 5.41) is 0. The van der Waals surface area contributed by atoms with Crippen LogP contribution in [-0.4, -0.2) is 0 Å². The van der Waals surface area contributed by atoms with Gasteiger partial charge in [0.2, 0.25) is 0 Å². The fraction of sp³-hybridized carbons (Fsp3) is 0.333. The Balaban J connectivity index is 1.66. The topological polar surface area (TPSA) is 48.4 Å². The quantitative estimate of drug-likeness (QED) is 0.898. The lowest BCUT2D eigenvalue weighted by atomic mass is 10.1. The van der Waals surface area contributed by atoms with E-state index in [4.69, 9.17) is 14.9 Å². The molecule has 2 aromatic rings. The summed E-state index contributed by atoms with van der Waals surface area (Å²) in [5.74, 6) is 2.53. The number of benzene rings is 1. The smallest absolute Gasteiger partial charge is 0.146 e. The number of nitrogens with two attached hydrogens (primary N) is 1. The number of ether oxygens (including phenoxy) is 1. The van der Waals surface area contributed by atoms with Gasteiger partial charge < -0.3 is 14.9 Å². The number of hydrogen-bond donors (Lipinski definition) is 1. The monoisotopic (exact) mass is 243 g/mol. The third kappa shape index (κ3) is 2.27. The minimum Gasteiger partial charge on any atom is -0.486 e. The molecule has 2 N–H and O–H groups in total. The second-order valence-electron chi connectivity index (χ2n) is 4.64. The molecule has 0 fully saturated rings. The Labute approximate surface area is 107 Å². The Kier molecular flexibility index (Phi) is 3.07. The van der Waals surface area contributed by atoms with E-state index >= 15 is 0 Å². The molecule has 0 saturated heterocycles. The summed E-state index contributed by atoms with van der Waals surface area (Å²) in [4.78, 5) is 0. The molecule has 94 valence electrons. The highest BCUT2D eigenvalue weighted by Gasteiger charge is 2.11. The van der Waals surface area contributed by atoms with Crippen molar-refractivity contribution in [3.63, 3.8) is 0 Å². The van der Waals surface area contributed by atoms with Crippen molar-refractivity contribution in [3.8, 4) is 5.75 Å². The average Bonchev–Trinajstić information content (AvgIpc) is 3.04. The van der Waals surface area contributed by atoms with E-state index in [1.807, 2.05) is 18.2 Å². The maximum Gasteiger partial charge on any atom is 0.146 e. The van der Waals surface area contributed by atoms with Gasteiger partial charge in [-0.05, 0) is 54.7 Å². The zero-order chi connectivity index (χ0) is 12.4. The normalized spacial score (nSPS) is 13.6. The first-order valence-electron chi connectivity index (χ1n) is 6.37. The van der Waals surface area contributed by atoms with Crippen LogP contribution in [0.15, 0.2) is 34.7 Å². The van der Waals surface area contributed by atoms with Crippen molar-refractivity contribution < 1.29 is 9.15 Å².